The average Bonchev–Trinajstić information content (AvgIpc) is 2.75. The Morgan fingerprint density at radius 3 is 3.21 bits per heavy atom. The van der Waals surface area contributed by atoms with Crippen LogP contribution in [0.1, 0.15) is 29.1 Å². The van der Waals surface area contributed by atoms with Gasteiger partial charge in [-0.3, -0.25) is 0 Å². The van der Waals surface area contributed by atoms with Crippen molar-refractivity contribution in [1.29, 1.82) is 0 Å². The van der Waals surface area contributed by atoms with Gasteiger partial charge in [-0.1, -0.05) is 5.16 Å². The molecule has 1 atom stereocenters. The van der Waals surface area contributed by atoms with Crippen molar-refractivity contribution in [1.82, 2.24) is 10.5 Å². The van der Waals surface area contributed by atoms with Crippen molar-refractivity contribution in [2.75, 3.05) is 6.54 Å². The predicted molar refractivity (Wildman–Crippen MR) is 48.2 cm³/mol. The van der Waals surface area contributed by atoms with Crippen LogP contribution in [0, 0.1) is 0 Å². The third kappa shape index (κ3) is 1.93. The van der Waals surface area contributed by atoms with E-state index in [1.807, 2.05) is 0 Å². The lowest BCUT2D eigenvalue weighted by Gasteiger charge is -2.05. The highest BCUT2D eigenvalue weighted by Crippen LogP contribution is 2.12. The van der Waals surface area contributed by atoms with Gasteiger partial charge < -0.3 is 14.9 Å². The van der Waals surface area contributed by atoms with Crippen LogP contribution >= 0.6 is 0 Å². The predicted octanol–water partition coefficient (Wildman–Crippen LogP) is 0.667. The second-order valence-electron chi connectivity index (χ2n) is 3.49. The standard InChI is InChI=1S/C9H12N2O3/c12-9(13)8-5-7(11-14-8)4-6-2-1-3-10-6/h5-6,10H,1-4H2,(H,12,13). The average molecular weight is 196 g/mol. The molecule has 2 N–H and O–H groups in total. The SMILES string of the molecule is O=C(O)c1cc(CC2CCCN2)no1. The highest BCUT2D eigenvalue weighted by Gasteiger charge is 2.18. The van der Waals surface area contributed by atoms with Crippen molar-refractivity contribution in [2.24, 2.45) is 0 Å². The molecule has 0 saturated carbocycles. The summed E-state index contributed by atoms with van der Waals surface area (Å²) in [6.45, 7) is 1.04. The van der Waals surface area contributed by atoms with Crippen LogP contribution in [-0.4, -0.2) is 28.8 Å². The van der Waals surface area contributed by atoms with E-state index in [0.717, 1.165) is 19.4 Å². The number of hydrogen-bond acceptors (Lipinski definition) is 4. The maximum absolute atomic E-state index is 10.5. The van der Waals surface area contributed by atoms with Crippen LogP contribution in [-0.2, 0) is 6.42 Å². The zero-order chi connectivity index (χ0) is 9.97. The quantitative estimate of drug-likeness (QED) is 0.743. The normalized spacial score (nSPS) is 21.3. The first-order valence-corrected chi connectivity index (χ1v) is 4.68. The van der Waals surface area contributed by atoms with Gasteiger partial charge in [0.15, 0.2) is 0 Å². The number of nitrogens with zero attached hydrogens (tertiary/aromatic N) is 1. The fourth-order valence-corrected chi connectivity index (χ4v) is 1.69. The van der Waals surface area contributed by atoms with Gasteiger partial charge in [-0.2, -0.15) is 0 Å². The van der Waals surface area contributed by atoms with Gasteiger partial charge in [0.1, 0.15) is 0 Å². The van der Waals surface area contributed by atoms with Crippen LogP contribution in [0.4, 0.5) is 0 Å². The molecular weight excluding hydrogens is 184 g/mol. The van der Waals surface area contributed by atoms with Crippen LogP contribution in [0.15, 0.2) is 10.6 Å². The van der Waals surface area contributed by atoms with E-state index in [1.165, 1.54) is 12.5 Å². The highest BCUT2D eigenvalue weighted by atomic mass is 16.5. The molecule has 14 heavy (non-hydrogen) atoms. The maximum atomic E-state index is 10.5. The molecule has 1 saturated heterocycles. The highest BCUT2D eigenvalue weighted by molar-refractivity contribution is 5.84. The number of carboxylic acid groups (broad SMARTS) is 1. The van der Waals surface area contributed by atoms with E-state index < -0.39 is 5.97 Å². The summed E-state index contributed by atoms with van der Waals surface area (Å²) in [7, 11) is 0. The molecule has 1 aliphatic heterocycles. The van der Waals surface area contributed by atoms with Gasteiger partial charge in [0.05, 0.1) is 5.69 Å². The molecule has 1 aromatic rings. The molecule has 2 rings (SSSR count). The Hall–Kier alpha value is -1.36. The van der Waals surface area contributed by atoms with Crippen LogP contribution < -0.4 is 5.32 Å². The van der Waals surface area contributed by atoms with Crippen LogP contribution in [0.5, 0.6) is 0 Å². The van der Waals surface area contributed by atoms with Crippen molar-refractivity contribution in [3.05, 3.63) is 17.5 Å². The third-order valence-corrected chi connectivity index (χ3v) is 2.39. The van der Waals surface area contributed by atoms with Crippen LogP contribution in [0.25, 0.3) is 0 Å². The van der Waals surface area contributed by atoms with Gasteiger partial charge in [0.25, 0.3) is 0 Å². The Morgan fingerprint density at radius 2 is 2.64 bits per heavy atom. The first kappa shape index (κ1) is 9.21. The molecule has 1 unspecified atom stereocenters. The summed E-state index contributed by atoms with van der Waals surface area (Å²) in [6, 6.07) is 1.91. The Labute approximate surface area is 81.1 Å². The molecule has 0 aliphatic carbocycles. The van der Waals surface area contributed by atoms with Gasteiger partial charge in [-0.25, -0.2) is 4.79 Å². The molecule has 0 amide bonds. The first-order chi connectivity index (χ1) is 6.75. The van der Waals surface area contributed by atoms with Crippen molar-refractivity contribution in [2.45, 2.75) is 25.3 Å². The molecule has 0 radical (unpaired) electrons. The second-order valence-corrected chi connectivity index (χ2v) is 3.49. The van der Waals surface area contributed by atoms with Gasteiger partial charge in [0.2, 0.25) is 5.76 Å². The summed E-state index contributed by atoms with van der Waals surface area (Å²) >= 11 is 0. The molecule has 0 bridgehead atoms. The van der Waals surface area contributed by atoms with E-state index in [-0.39, 0.29) is 5.76 Å². The Kier molecular flexibility index (Phi) is 2.49. The van der Waals surface area contributed by atoms with Gasteiger partial charge in [-0.15, -0.1) is 0 Å². The molecule has 76 valence electrons. The first-order valence-electron chi connectivity index (χ1n) is 4.68. The van der Waals surface area contributed by atoms with E-state index in [2.05, 4.69) is 15.0 Å². The van der Waals surface area contributed by atoms with E-state index >= 15 is 0 Å². The smallest absolute Gasteiger partial charge is 0.374 e. The number of carboxylic acids is 1. The Morgan fingerprint density at radius 1 is 1.79 bits per heavy atom. The van der Waals surface area contributed by atoms with Gasteiger partial charge in [-0.05, 0) is 19.4 Å². The minimum Gasteiger partial charge on any atom is -0.475 e. The van der Waals surface area contributed by atoms with Gasteiger partial charge in [0, 0.05) is 18.5 Å². The lowest BCUT2D eigenvalue weighted by Crippen LogP contribution is -2.23. The Balaban J connectivity index is 1.98. The topological polar surface area (TPSA) is 75.4 Å². The number of aromatic carboxylic acids is 1. The molecule has 5 nitrogen and oxygen atoms in total. The van der Waals surface area contributed by atoms with E-state index in [9.17, 15) is 4.79 Å². The van der Waals surface area contributed by atoms with E-state index in [0.29, 0.717) is 11.7 Å². The van der Waals surface area contributed by atoms with E-state index in [1.54, 1.807) is 0 Å². The molecule has 5 heteroatoms. The number of rotatable bonds is 3. The lowest BCUT2D eigenvalue weighted by molar-refractivity contribution is 0.0652. The summed E-state index contributed by atoms with van der Waals surface area (Å²) in [5.74, 6) is -1.15. The largest absolute Gasteiger partial charge is 0.475 e. The Bertz CT molecular complexity index is 329. The van der Waals surface area contributed by atoms with Crippen molar-refractivity contribution < 1.29 is 14.4 Å². The molecule has 1 aliphatic rings. The molecule has 0 aromatic carbocycles. The van der Waals surface area contributed by atoms with Crippen LogP contribution in [0.2, 0.25) is 0 Å². The molecule has 1 aromatic heterocycles. The fraction of sp³-hybridized carbons (Fsp3) is 0.556. The molecular formula is C9H12N2O3. The van der Waals surface area contributed by atoms with E-state index in [4.69, 9.17) is 5.11 Å². The van der Waals surface area contributed by atoms with Crippen LogP contribution in [0.3, 0.4) is 0 Å². The maximum Gasteiger partial charge on any atom is 0.374 e. The zero-order valence-corrected chi connectivity index (χ0v) is 7.69. The molecule has 0 spiro atoms. The lowest BCUT2D eigenvalue weighted by atomic mass is 10.1. The van der Waals surface area contributed by atoms with Gasteiger partial charge >= 0.3 is 5.97 Å². The second kappa shape index (κ2) is 3.79. The van der Waals surface area contributed by atoms with Crippen molar-refractivity contribution >= 4 is 5.97 Å². The summed E-state index contributed by atoms with van der Waals surface area (Å²) in [6.07, 6.45) is 3.04. The summed E-state index contributed by atoms with van der Waals surface area (Å²) in [5, 5.41) is 15.6. The molecule has 1 fully saturated rings. The molecule has 2 heterocycles. The number of carbonyl (C=O) groups is 1. The monoisotopic (exact) mass is 196 g/mol. The number of nitrogens with one attached hydrogen (secondary N) is 1. The third-order valence-electron chi connectivity index (χ3n) is 2.39. The summed E-state index contributed by atoms with van der Waals surface area (Å²) in [4.78, 5) is 10.5. The number of hydrogen-bond donors (Lipinski definition) is 2. The minimum atomic E-state index is -1.07. The van der Waals surface area contributed by atoms with Crippen molar-refractivity contribution in [3.8, 4) is 0 Å². The number of aromatic nitrogens is 1. The van der Waals surface area contributed by atoms with Crippen molar-refractivity contribution in [3.63, 3.8) is 0 Å². The summed E-state index contributed by atoms with van der Waals surface area (Å²) in [5.41, 5.74) is 0.710. The fourth-order valence-electron chi connectivity index (χ4n) is 1.69. The minimum absolute atomic E-state index is 0.0852. The zero-order valence-electron chi connectivity index (χ0n) is 7.69. The summed E-state index contributed by atoms with van der Waals surface area (Å²) < 4.78 is 4.66.